The summed E-state index contributed by atoms with van der Waals surface area (Å²) in [4.78, 5) is 20.9. The highest BCUT2D eigenvalue weighted by Gasteiger charge is 2.19. The van der Waals surface area contributed by atoms with Gasteiger partial charge in [-0.2, -0.15) is 0 Å². The van der Waals surface area contributed by atoms with Crippen molar-refractivity contribution in [3.05, 3.63) is 96.1 Å². The fourth-order valence-electron chi connectivity index (χ4n) is 2.52. The predicted molar refractivity (Wildman–Crippen MR) is 96.3 cm³/mol. The third-order valence-electron chi connectivity index (χ3n) is 3.82. The van der Waals surface area contributed by atoms with Crippen LogP contribution in [0.2, 0.25) is 0 Å². The molecule has 1 unspecified atom stereocenters. The number of nitrogens with one attached hydrogen (secondary N) is 2. The Morgan fingerprint density at radius 2 is 1.48 bits per heavy atom. The summed E-state index contributed by atoms with van der Waals surface area (Å²) in [5, 5.41) is 6.30. The molecule has 2 heterocycles. The number of nitrogens with zero attached hydrogens (tertiary/aromatic N) is 2. The lowest BCUT2D eigenvalue weighted by Crippen LogP contribution is -2.37. The largest absolute Gasteiger partial charge is 0.350 e. The van der Waals surface area contributed by atoms with Crippen LogP contribution in [0.4, 0.5) is 0 Å². The molecule has 0 fully saturated rings. The first kappa shape index (κ1) is 16.8. The minimum absolute atomic E-state index is 0.0704. The molecule has 2 aromatic heterocycles. The Morgan fingerprint density at radius 1 is 0.840 bits per heavy atom. The quantitative estimate of drug-likeness (QED) is 0.698. The molecule has 25 heavy (non-hydrogen) atoms. The molecule has 0 aliphatic carbocycles. The summed E-state index contributed by atoms with van der Waals surface area (Å²) >= 11 is 0. The van der Waals surface area contributed by atoms with Crippen molar-refractivity contribution in [1.82, 2.24) is 20.6 Å². The van der Waals surface area contributed by atoms with Gasteiger partial charge in [-0.25, -0.2) is 0 Å². The van der Waals surface area contributed by atoms with E-state index in [0.29, 0.717) is 13.1 Å². The third kappa shape index (κ3) is 4.96. The van der Waals surface area contributed by atoms with E-state index in [1.165, 1.54) is 0 Å². The van der Waals surface area contributed by atoms with Crippen LogP contribution < -0.4 is 10.6 Å². The Balaban J connectivity index is 1.68. The number of aromatic nitrogens is 2. The highest BCUT2D eigenvalue weighted by atomic mass is 16.2. The number of carbonyl (C=O) groups is 1. The summed E-state index contributed by atoms with van der Waals surface area (Å²) in [6, 6.07) is 16.9. The first-order valence-electron chi connectivity index (χ1n) is 8.17. The average Bonchev–Trinajstić information content (AvgIpc) is 2.69. The van der Waals surface area contributed by atoms with Crippen molar-refractivity contribution in [3.63, 3.8) is 0 Å². The molecule has 1 amide bonds. The maximum Gasteiger partial charge on any atom is 0.242 e. The van der Waals surface area contributed by atoms with Gasteiger partial charge in [0.2, 0.25) is 5.91 Å². The van der Waals surface area contributed by atoms with Crippen LogP contribution in [0.1, 0.15) is 22.7 Å². The molecule has 1 aromatic carbocycles. The molecule has 2 N–H and O–H groups in total. The number of amides is 1. The van der Waals surface area contributed by atoms with Gasteiger partial charge in [0.1, 0.15) is 6.04 Å². The molecule has 3 rings (SSSR count). The Hall–Kier alpha value is -3.05. The Bertz CT molecular complexity index is 779. The van der Waals surface area contributed by atoms with E-state index in [9.17, 15) is 4.79 Å². The molecule has 5 heteroatoms. The van der Waals surface area contributed by atoms with Crippen molar-refractivity contribution in [2.75, 3.05) is 0 Å². The maximum atomic E-state index is 12.7. The maximum absolute atomic E-state index is 12.7. The first-order chi connectivity index (χ1) is 12.3. The second-order valence-corrected chi connectivity index (χ2v) is 5.66. The van der Waals surface area contributed by atoms with Gasteiger partial charge >= 0.3 is 0 Å². The number of hydrogen-bond acceptors (Lipinski definition) is 4. The zero-order valence-electron chi connectivity index (χ0n) is 13.8. The lowest BCUT2D eigenvalue weighted by Gasteiger charge is -2.19. The Morgan fingerprint density at radius 3 is 2.08 bits per heavy atom. The zero-order chi connectivity index (χ0) is 17.3. The number of hydrogen-bond donors (Lipinski definition) is 2. The third-order valence-corrected chi connectivity index (χ3v) is 3.82. The fraction of sp³-hybridized carbons (Fsp3) is 0.150. The van der Waals surface area contributed by atoms with Crippen molar-refractivity contribution in [1.29, 1.82) is 0 Å². The summed E-state index contributed by atoms with van der Waals surface area (Å²) in [5.41, 5.74) is 2.92. The van der Waals surface area contributed by atoms with E-state index in [4.69, 9.17) is 0 Å². The van der Waals surface area contributed by atoms with Crippen LogP contribution in [0.3, 0.4) is 0 Å². The van der Waals surface area contributed by atoms with Gasteiger partial charge in [0.05, 0.1) is 0 Å². The normalized spacial score (nSPS) is 11.7. The number of pyridine rings is 2. The minimum atomic E-state index is -0.432. The summed E-state index contributed by atoms with van der Waals surface area (Å²) in [6.07, 6.45) is 7.00. The van der Waals surface area contributed by atoms with Crippen LogP contribution in [0.25, 0.3) is 0 Å². The van der Waals surface area contributed by atoms with Crippen LogP contribution in [-0.4, -0.2) is 15.9 Å². The Kier molecular flexibility index (Phi) is 5.85. The van der Waals surface area contributed by atoms with E-state index in [1.54, 1.807) is 24.8 Å². The minimum Gasteiger partial charge on any atom is -0.350 e. The fourth-order valence-corrected chi connectivity index (χ4v) is 2.52. The Labute approximate surface area is 147 Å². The number of benzene rings is 1. The first-order valence-corrected chi connectivity index (χ1v) is 8.17. The predicted octanol–water partition coefficient (Wildman–Crippen LogP) is 2.62. The summed E-state index contributed by atoms with van der Waals surface area (Å²) in [7, 11) is 0. The molecule has 5 nitrogen and oxygen atoms in total. The van der Waals surface area contributed by atoms with Gasteiger partial charge < -0.3 is 5.32 Å². The second-order valence-electron chi connectivity index (χ2n) is 5.66. The van der Waals surface area contributed by atoms with Gasteiger partial charge in [-0.05, 0) is 28.8 Å². The summed E-state index contributed by atoms with van der Waals surface area (Å²) in [6.45, 7) is 1.01. The SMILES string of the molecule is O=C(NCc1cccnc1)C(NCc1cccnc1)c1ccccc1. The van der Waals surface area contributed by atoms with Crippen LogP contribution in [0, 0.1) is 0 Å². The molecule has 0 bridgehead atoms. The van der Waals surface area contributed by atoms with Crippen molar-refractivity contribution >= 4 is 5.91 Å². The van der Waals surface area contributed by atoms with E-state index in [-0.39, 0.29) is 5.91 Å². The van der Waals surface area contributed by atoms with Gasteiger partial charge in [-0.1, -0.05) is 42.5 Å². The van der Waals surface area contributed by atoms with E-state index in [0.717, 1.165) is 16.7 Å². The van der Waals surface area contributed by atoms with Crippen LogP contribution in [0.15, 0.2) is 79.4 Å². The molecule has 0 spiro atoms. The molecular weight excluding hydrogens is 312 g/mol. The molecule has 0 radical (unpaired) electrons. The van der Waals surface area contributed by atoms with Gasteiger partial charge in [-0.15, -0.1) is 0 Å². The molecule has 0 saturated carbocycles. The van der Waals surface area contributed by atoms with Gasteiger partial charge in [0.15, 0.2) is 0 Å². The van der Waals surface area contributed by atoms with Gasteiger partial charge in [0.25, 0.3) is 0 Å². The van der Waals surface area contributed by atoms with E-state index < -0.39 is 6.04 Å². The summed E-state index contributed by atoms with van der Waals surface area (Å²) < 4.78 is 0. The lowest BCUT2D eigenvalue weighted by atomic mass is 10.1. The molecule has 0 aliphatic heterocycles. The van der Waals surface area contributed by atoms with Crippen LogP contribution in [0.5, 0.6) is 0 Å². The summed E-state index contributed by atoms with van der Waals surface area (Å²) in [5.74, 6) is -0.0704. The van der Waals surface area contributed by atoms with Gasteiger partial charge in [-0.3, -0.25) is 20.1 Å². The standard InChI is InChI=1S/C20H20N4O/c25-20(24-15-17-7-5-11-22-13-17)19(18-8-2-1-3-9-18)23-14-16-6-4-10-21-12-16/h1-13,19,23H,14-15H2,(H,24,25). The lowest BCUT2D eigenvalue weighted by molar-refractivity contribution is -0.123. The molecule has 0 saturated heterocycles. The van der Waals surface area contributed by atoms with E-state index >= 15 is 0 Å². The average molecular weight is 332 g/mol. The molecule has 3 aromatic rings. The highest BCUT2D eigenvalue weighted by Crippen LogP contribution is 2.14. The highest BCUT2D eigenvalue weighted by molar-refractivity contribution is 5.83. The van der Waals surface area contributed by atoms with Crippen LogP contribution in [-0.2, 0) is 17.9 Å². The van der Waals surface area contributed by atoms with Crippen molar-refractivity contribution in [2.24, 2.45) is 0 Å². The van der Waals surface area contributed by atoms with E-state index in [2.05, 4.69) is 20.6 Å². The number of rotatable bonds is 7. The molecular formula is C20H20N4O. The molecule has 126 valence electrons. The van der Waals surface area contributed by atoms with Crippen LogP contribution >= 0.6 is 0 Å². The monoisotopic (exact) mass is 332 g/mol. The van der Waals surface area contributed by atoms with Crippen molar-refractivity contribution in [2.45, 2.75) is 19.1 Å². The van der Waals surface area contributed by atoms with Crippen molar-refractivity contribution in [3.8, 4) is 0 Å². The molecule has 0 aliphatic rings. The number of carbonyl (C=O) groups excluding carboxylic acids is 1. The smallest absolute Gasteiger partial charge is 0.242 e. The van der Waals surface area contributed by atoms with Crippen molar-refractivity contribution < 1.29 is 4.79 Å². The zero-order valence-corrected chi connectivity index (χ0v) is 13.8. The molecule has 1 atom stereocenters. The van der Waals surface area contributed by atoms with Gasteiger partial charge in [0, 0.05) is 37.9 Å². The topological polar surface area (TPSA) is 66.9 Å². The second kappa shape index (κ2) is 8.70. The van der Waals surface area contributed by atoms with E-state index in [1.807, 2.05) is 54.6 Å².